The molecule has 0 saturated carbocycles. The molecule has 124 valence electrons. The van der Waals surface area contributed by atoms with Gasteiger partial charge in [-0.2, -0.15) is 0 Å². The highest BCUT2D eigenvalue weighted by Gasteiger charge is 2.10. The highest BCUT2D eigenvalue weighted by Crippen LogP contribution is 2.34. The van der Waals surface area contributed by atoms with Gasteiger partial charge in [-0.3, -0.25) is 0 Å². The molecule has 2 N–H and O–H groups in total. The van der Waals surface area contributed by atoms with E-state index >= 15 is 0 Å². The molecule has 0 aliphatic heterocycles. The molecule has 0 heterocycles. The molecule has 0 saturated heterocycles. The zero-order valence-corrected chi connectivity index (χ0v) is 13.6. The maximum atomic E-state index is 10.1. The number of benzene rings is 2. The highest BCUT2D eigenvalue weighted by molar-refractivity contribution is 5.50. The molecule has 0 fully saturated rings. The molecule has 0 unspecified atom stereocenters. The first-order chi connectivity index (χ1) is 11.1. The van der Waals surface area contributed by atoms with Crippen molar-refractivity contribution < 1.29 is 24.4 Å². The zero-order valence-electron chi connectivity index (χ0n) is 13.6. The molecule has 2 aromatic rings. The van der Waals surface area contributed by atoms with Gasteiger partial charge in [0.15, 0.2) is 23.0 Å². The molecule has 2 aromatic carbocycles. The number of hydrogen-bond donors (Lipinski definition) is 2. The number of phenols is 2. The lowest BCUT2D eigenvalue weighted by Crippen LogP contribution is -1.95. The molecule has 5 nitrogen and oxygen atoms in total. The van der Waals surface area contributed by atoms with Gasteiger partial charge in [0.1, 0.15) is 5.75 Å². The topological polar surface area (TPSA) is 68.2 Å². The SMILES string of the molecule is COc1cc(CCCc2cc(OC)c(OC)cc2O)ccc1O. The molecular weight excluding hydrogens is 296 g/mol. The molecule has 0 amide bonds. The third-order valence-electron chi connectivity index (χ3n) is 3.74. The predicted octanol–water partition coefficient (Wildman–Crippen LogP) is 3.30. The summed E-state index contributed by atoms with van der Waals surface area (Å²) >= 11 is 0. The molecule has 0 spiro atoms. The molecule has 23 heavy (non-hydrogen) atoms. The van der Waals surface area contributed by atoms with Crippen LogP contribution in [0.15, 0.2) is 30.3 Å². The first-order valence-corrected chi connectivity index (χ1v) is 7.38. The quantitative estimate of drug-likeness (QED) is 0.820. The first-order valence-electron chi connectivity index (χ1n) is 7.38. The number of methoxy groups -OCH3 is 3. The Bertz CT molecular complexity index is 667. The van der Waals surface area contributed by atoms with Gasteiger partial charge in [0.25, 0.3) is 0 Å². The Morgan fingerprint density at radius 3 is 2.04 bits per heavy atom. The van der Waals surface area contributed by atoms with Crippen LogP contribution in [-0.4, -0.2) is 31.5 Å². The largest absolute Gasteiger partial charge is 0.508 e. The smallest absolute Gasteiger partial charge is 0.164 e. The summed E-state index contributed by atoms with van der Waals surface area (Å²) in [4.78, 5) is 0. The van der Waals surface area contributed by atoms with E-state index in [1.54, 1.807) is 25.3 Å². The van der Waals surface area contributed by atoms with E-state index in [9.17, 15) is 10.2 Å². The van der Waals surface area contributed by atoms with Gasteiger partial charge in [0, 0.05) is 6.07 Å². The lowest BCUT2D eigenvalue weighted by Gasteiger charge is -2.12. The molecule has 0 aliphatic rings. The van der Waals surface area contributed by atoms with Crippen molar-refractivity contribution in [2.75, 3.05) is 21.3 Å². The van der Waals surface area contributed by atoms with Gasteiger partial charge in [0.05, 0.1) is 21.3 Å². The van der Waals surface area contributed by atoms with Gasteiger partial charge in [0.2, 0.25) is 0 Å². The van der Waals surface area contributed by atoms with Crippen molar-refractivity contribution in [3.8, 4) is 28.7 Å². The van der Waals surface area contributed by atoms with E-state index in [0.29, 0.717) is 23.7 Å². The number of phenolic OH excluding ortho intramolecular Hbond substituents is 2. The Morgan fingerprint density at radius 1 is 0.739 bits per heavy atom. The number of rotatable bonds is 7. The van der Waals surface area contributed by atoms with Gasteiger partial charge < -0.3 is 24.4 Å². The van der Waals surface area contributed by atoms with E-state index in [1.165, 1.54) is 14.2 Å². The summed E-state index contributed by atoms with van der Waals surface area (Å²) in [7, 11) is 4.64. The van der Waals surface area contributed by atoms with Crippen LogP contribution in [0.1, 0.15) is 17.5 Å². The molecule has 0 aromatic heterocycles. The standard InChI is InChI=1S/C18H22O5/c1-21-16-9-12(7-8-14(16)19)5-4-6-13-10-17(22-2)18(23-3)11-15(13)20/h7-11,19-20H,4-6H2,1-3H3. The maximum absolute atomic E-state index is 10.1. The van der Waals surface area contributed by atoms with Gasteiger partial charge in [-0.1, -0.05) is 6.07 Å². The van der Waals surface area contributed by atoms with Crippen LogP contribution >= 0.6 is 0 Å². The Balaban J connectivity index is 2.04. The van der Waals surface area contributed by atoms with Crippen molar-refractivity contribution in [1.82, 2.24) is 0 Å². The monoisotopic (exact) mass is 318 g/mol. The van der Waals surface area contributed by atoms with E-state index in [2.05, 4.69) is 0 Å². The molecule has 0 bridgehead atoms. The third-order valence-corrected chi connectivity index (χ3v) is 3.74. The van der Waals surface area contributed by atoms with Crippen LogP contribution in [0.25, 0.3) is 0 Å². The van der Waals surface area contributed by atoms with Gasteiger partial charge >= 0.3 is 0 Å². The minimum atomic E-state index is 0.133. The minimum absolute atomic E-state index is 0.133. The van der Waals surface area contributed by atoms with Crippen LogP contribution in [0.4, 0.5) is 0 Å². The predicted molar refractivity (Wildman–Crippen MR) is 87.9 cm³/mol. The molecule has 0 radical (unpaired) electrons. The van der Waals surface area contributed by atoms with Crippen molar-refractivity contribution in [1.29, 1.82) is 0 Å². The van der Waals surface area contributed by atoms with Crippen molar-refractivity contribution in [3.05, 3.63) is 41.5 Å². The summed E-state index contributed by atoms with van der Waals surface area (Å²) in [6.45, 7) is 0. The Labute approximate surface area is 136 Å². The Kier molecular flexibility index (Phi) is 5.57. The maximum Gasteiger partial charge on any atom is 0.164 e. The average Bonchev–Trinajstić information content (AvgIpc) is 2.57. The Hall–Kier alpha value is -2.56. The summed E-state index contributed by atoms with van der Waals surface area (Å²) in [6.07, 6.45) is 2.36. The third kappa shape index (κ3) is 4.00. The van der Waals surface area contributed by atoms with Gasteiger partial charge in [-0.05, 0) is 48.6 Å². The van der Waals surface area contributed by atoms with Gasteiger partial charge in [-0.15, -0.1) is 0 Å². The number of aryl methyl sites for hydroxylation is 2. The van der Waals surface area contributed by atoms with E-state index < -0.39 is 0 Å². The van der Waals surface area contributed by atoms with E-state index in [1.807, 2.05) is 12.1 Å². The van der Waals surface area contributed by atoms with Crippen LogP contribution in [0, 0.1) is 0 Å². The molecular formula is C18H22O5. The second kappa shape index (κ2) is 7.63. The molecule has 0 atom stereocenters. The molecule has 2 rings (SSSR count). The van der Waals surface area contributed by atoms with Crippen LogP contribution in [0.3, 0.4) is 0 Å². The second-order valence-electron chi connectivity index (χ2n) is 5.20. The van der Waals surface area contributed by atoms with E-state index in [-0.39, 0.29) is 11.5 Å². The number of hydrogen-bond acceptors (Lipinski definition) is 5. The Morgan fingerprint density at radius 2 is 1.39 bits per heavy atom. The first kappa shape index (κ1) is 16.8. The molecule has 0 aliphatic carbocycles. The van der Waals surface area contributed by atoms with Crippen molar-refractivity contribution >= 4 is 0 Å². The molecule has 5 heteroatoms. The van der Waals surface area contributed by atoms with E-state index in [4.69, 9.17) is 14.2 Å². The van der Waals surface area contributed by atoms with Crippen molar-refractivity contribution in [3.63, 3.8) is 0 Å². The summed E-state index contributed by atoms with van der Waals surface area (Å²) in [5, 5.41) is 19.7. The van der Waals surface area contributed by atoms with Crippen molar-refractivity contribution in [2.24, 2.45) is 0 Å². The zero-order chi connectivity index (χ0) is 16.8. The lowest BCUT2D eigenvalue weighted by atomic mass is 10.0. The summed E-state index contributed by atoms with van der Waals surface area (Å²) in [5.74, 6) is 1.92. The summed E-state index contributed by atoms with van der Waals surface area (Å²) in [5.41, 5.74) is 1.88. The highest BCUT2D eigenvalue weighted by atomic mass is 16.5. The average molecular weight is 318 g/mol. The summed E-state index contributed by atoms with van der Waals surface area (Å²) in [6, 6.07) is 8.68. The fourth-order valence-electron chi connectivity index (χ4n) is 2.47. The van der Waals surface area contributed by atoms with E-state index in [0.717, 1.165) is 24.0 Å². The minimum Gasteiger partial charge on any atom is -0.508 e. The van der Waals surface area contributed by atoms with Crippen LogP contribution in [0.2, 0.25) is 0 Å². The van der Waals surface area contributed by atoms with Gasteiger partial charge in [-0.25, -0.2) is 0 Å². The van der Waals surface area contributed by atoms with Crippen LogP contribution in [-0.2, 0) is 12.8 Å². The summed E-state index contributed by atoms with van der Waals surface area (Å²) < 4.78 is 15.5. The van der Waals surface area contributed by atoms with Crippen molar-refractivity contribution in [2.45, 2.75) is 19.3 Å². The second-order valence-corrected chi connectivity index (χ2v) is 5.20. The number of aromatic hydroxyl groups is 2. The normalized spacial score (nSPS) is 10.4. The lowest BCUT2D eigenvalue weighted by molar-refractivity contribution is 0.350. The van der Waals surface area contributed by atoms with Crippen LogP contribution < -0.4 is 14.2 Å². The van der Waals surface area contributed by atoms with Crippen LogP contribution in [0.5, 0.6) is 28.7 Å². The fraction of sp³-hybridized carbons (Fsp3) is 0.333. The fourth-order valence-corrected chi connectivity index (χ4v) is 2.47. The number of ether oxygens (including phenoxy) is 3.